The fraction of sp³-hybridized carbons (Fsp3) is 0.296. The number of pyridine rings is 1. The van der Waals surface area contributed by atoms with Gasteiger partial charge in [-0.05, 0) is 82.0 Å². The number of halogens is 1. The van der Waals surface area contributed by atoms with Crippen molar-refractivity contribution in [2.24, 2.45) is 0 Å². The number of hydrogen-bond acceptors (Lipinski definition) is 3. The summed E-state index contributed by atoms with van der Waals surface area (Å²) in [6.07, 6.45) is 0.404. The molecule has 34 heavy (non-hydrogen) atoms. The molecular weight excluding hydrogens is 431 g/mol. The van der Waals surface area contributed by atoms with Gasteiger partial charge >= 0.3 is 0 Å². The molecule has 0 spiro atoms. The molecular formula is C27H29FN4O2. The van der Waals surface area contributed by atoms with Crippen molar-refractivity contribution in [1.29, 1.82) is 0 Å². The minimum atomic E-state index is -0.369. The average molecular weight is 461 g/mol. The van der Waals surface area contributed by atoms with Gasteiger partial charge in [0.1, 0.15) is 11.5 Å². The molecule has 176 valence electrons. The average Bonchev–Trinajstić information content (AvgIpc) is 3.13. The molecule has 0 unspecified atom stereocenters. The number of benzene rings is 2. The summed E-state index contributed by atoms with van der Waals surface area (Å²) in [6, 6.07) is 12.6. The minimum absolute atomic E-state index is 0.115. The summed E-state index contributed by atoms with van der Waals surface area (Å²) in [7, 11) is 0. The van der Waals surface area contributed by atoms with Gasteiger partial charge in [0.25, 0.3) is 5.56 Å². The van der Waals surface area contributed by atoms with E-state index in [4.69, 9.17) is 5.10 Å². The molecule has 0 radical (unpaired) electrons. The summed E-state index contributed by atoms with van der Waals surface area (Å²) in [4.78, 5) is 26.0. The van der Waals surface area contributed by atoms with Gasteiger partial charge in [-0.3, -0.25) is 14.2 Å². The molecule has 2 aromatic carbocycles. The van der Waals surface area contributed by atoms with Crippen LogP contribution in [0.4, 0.5) is 10.1 Å². The Morgan fingerprint density at radius 2 is 1.85 bits per heavy atom. The summed E-state index contributed by atoms with van der Waals surface area (Å²) < 4.78 is 17.4. The first-order valence-corrected chi connectivity index (χ1v) is 11.5. The zero-order valence-electron chi connectivity index (χ0n) is 20.2. The first-order valence-electron chi connectivity index (χ1n) is 11.5. The van der Waals surface area contributed by atoms with Crippen molar-refractivity contribution in [2.75, 3.05) is 5.32 Å². The van der Waals surface area contributed by atoms with Crippen molar-refractivity contribution in [2.45, 2.75) is 54.0 Å². The van der Waals surface area contributed by atoms with Crippen molar-refractivity contribution in [3.05, 3.63) is 86.6 Å². The van der Waals surface area contributed by atoms with E-state index < -0.39 is 0 Å². The molecule has 0 atom stereocenters. The van der Waals surface area contributed by atoms with Gasteiger partial charge < -0.3 is 5.32 Å². The van der Waals surface area contributed by atoms with Crippen LogP contribution in [-0.2, 0) is 17.8 Å². The third kappa shape index (κ3) is 4.25. The predicted octanol–water partition coefficient (Wildman–Crippen LogP) is 5.15. The number of amides is 1. The predicted molar refractivity (Wildman–Crippen MR) is 133 cm³/mol. The van der Waals surface area contributed by atoms with Crippen LogP contribution in [0.5, 0.6) is 0 Å². The molecule has 6 nitrogen and oxygen atoms in total. The van der Waals surface area contributed by atoms with Crippen LogP contribution in [0.25, 0.3) is 16.7 Å². The number of carbonyl (C=O) groups is 1. The Hall–Kier alpha value is -3.74. The van der Waals surface area contributed by atoms with E-state index in [0.29, 0.717) is 23.4 Å². The second-order valence-electron chi connectivity index (χ2n) is 8.70. The molecule has 1 amide bonds. The Labute approximate surface area is 198 Å². The Morgan fingerprint density at radius 3 is 2.53 bits per heavy atom. The molecule has 0 saturated carbocycles. The van der Waals surface area contributed by atoms with E-state index in [0.717, 1.165) is 33.5 Å². The number of aryl methyl sites for hydroxylation is 5. The van der Waals surface area contributed by atoms with Crippen LogP contribution in [-0.4, -0.2) is 20.3 Å². The topological polar surface area (TPSA) is 68.9 Å². The summed E-state index contributed by atoms with van der Waals surface area (Å²) in [5, 5.41) is 8.41. The molecule has 4 aromatic rings. The van der Waals surface area contributed by atoms with Gasteiger partial charge in [-0.1, -0.05) is 18.2 Å². The van der Waals surface area contributed by atoms with Crippen molar-refractivity contribution >= 4 is 22.6 Å². The summed E-state index contributed by atoms with van der Waals surface area (Å²) in [5.41, 5.74) is 5.85. The second kappa shape index (κ2) is 9.25. The fourth-order valence-electron chi connectivity index (χ4n) is 4.43. The second-order valence-corrected chi connectivity index (χ2v) is 8.70. The molecule has 0 fully saturated rings. The van der Waals surface area contributed by atoms with Gasteiger partial charge in [0.15, 0.2) is 0 Å². The number of hydrogen-bond donors (Lipinski definition) is 1. The van der Waals surface area contributed by atoms with Crippen molar-refractivity contribution < 1.29 is 9.18 Å². The van der Waals surface area contributed by atoms with Crippen molar-refractivity contribution in [3.63, 3.8) is 0 Å². The molecule has 2 heterocycles. The SMILES string of the molecule is CCn1c(=O)c(CCC(=O)Nc2ccc(C)c(F)c2)c(C)c2c(C)nn(-c3cccc(C)c3)c21. The van der Waals surface area contributed by atoms with Gasteiger partial charge in [-0.15, -0.1) is 0 Å². The van der Waals surface area contributed by atoms with Gasteiger partial charge in [0.05, 0.1) is 11.4 Å². The number of carbonyl (C=O) groups excluding carboxylic acids is 1. The number of anilines is 1. The lowest BCUT2D eigenvalue weighted by Crippen LogP contribution is -2.27. The summed E-state index contributed by atoms with van der Waals surface area (Å²) >= 11 is 0. The zero-order chi connectivity index (χ0) is 24.6. The van der Waals surface area contributed by atoms with Crippen molar-refractivity contribution in [3.8, 4) is 5.69 Å². The molecule has 0 aliphatic heterocycles. The Balaban J connectivity index is 1.70. The number of nitrogens with zero attached hydrogens (tertiary/aromatic N) is 3. The lowest BCUT2D eigenvalue weighted by molar-refractivity contribution is -0.116. The maximum atomic E-state index is 13.8. The zero-order valence-corrected chi connectivity index (χ0v) is 20.2. The smallest absolute Gasteiger partial charge is 0.255 e. The molecule has 4 rings (SSSR count). The van der Waals surface area contributed by atoms with Crippen LogP contribution in [0.1, 0.15) is 41.3 Å². The maximum Gasteiger partial charge on any atom is 0.255 e. The van der Waals surface area contributed by atoms with Gasteiger partial charge in [-0.25, -0.2) is 9.07 Å². The first-order chi connectivity index (χ1) is 16.2. The number of nitrogens with one attached hydrogen (secondary N) is 1. The van der Waals surface area contributed by atoms with E-state index in [1.807, 2.05) is 56.6 Å². The largest absolute Gasteiger partial charge is 0.326 e. The molecule has 0 bridgehead atoms. The van der Waals surface area contributed by atoms with E-state index >= 15 is 0 Å². The van der Waals surface area contributed by atoms with Crippen LogP contribution in [0.15, 0.2) is 47.3 Å². The highest BCUT2D eigenvalue weighted by atomic mass is 19.1. The van der Waals surface area contributed by atoms with Gasteiger partial charge in [-0.2, -0.15) is 5.10 Å². The van der Waals surface area contributed by atoms with Gasteiger partial charge in [0.2, 0.25) is 5.91 Å². The van der Waals surface area contributed by atoms with E-state index in [2.05, 4.69) is 5.32 Å². The Kier molecular flexibility index (Phi) is 6.37. The third-order valence-corrected chi connectivity index (χ3v) is 6.24. The van der Waals surface area contributed by atoms with E-state index in [9.17, 15) is 14.0 Å². The number of fused-ring (bicyclic) bond motifs is 1. The maximum absolute atomic E-state index is 13.8. The lowest BCUT2D eigenvalue weighted by Gasteiger charge is -2.15. The molecule has 2 aromatic heterocycles. The molecule has 0 aliphatic carbocycles. The van der Waals surface area contributed by atoms with E-state index in [1.165, 1.54) is 6.07 Å². The minimum Gasteiger partial charge on any atom is -0.326 e. The lowest BCUT2D eigenvalue weighted by atomic mass is 10.0. The van der Waals surface area contributed by atoms with Crippen LogP contribution < -0.4 is 10.9 Å². The van der Waals surface area contributed by atoms with Crippen LogP contribution >= 0.6 is 0 Å². The molecule has 1 N–H and O–H groups in total. The Morgan fingerprint density at radius 1 is 1.09 bits per heavy atom. The number of rotatable bonds is 6. The highest BCUT2D eigenvalue weighted by Crippen LogP contribution is 2.27. The monoisotopic (exact) mass is 460 g/mol. The van der Waals surface area contributed by atoms with E-state index in [-0.39, 0.29) is 30.1 Å². The molecule has 7 heteroatoms. The highest BCUT2D eigenvalue weighted by Gasteiger charge is 2.21. The summed E-state index contributed by atoms with van der Waals surface area (Å²) in [6.45, 7) is 9.96. The molecule has 0 aliphatic rings. The fourth-order valence-corrected chi connectivity index (χ4v) is 4.43. The first kappa shape index (κ1) is 23.4. The van der Waals surface area contributed by atoms with E-state index in [1.54, 1.807) is 23.6 Å². The highest BCUT2D eigenvalue weighted by molar-refractivity contribution is 5.91. The Bertz CT molecular complexity index is 1470. The third-order valence-electron chi connectivity index (χ3n) is 6.24. The van der Waals surface area contributed by atoms with Crippen molar-refractivity contribution in [1.82, 2.24) is 14.3 Å². The quantitative estimate of drug-likeness (QED) is 0.433. The van der Waals surface area contributed by atoms with Crippen LogP contribution in [0.3, 0.4) is 0 Å². The summed E-state index contributed by atoms with van der Waals surface area (Å²) in [5.74, 6) is -0.636. The standard InChI is InChI=1S/C27H29FN4O2/c1-6-31-26-25(19(5)30-32(26)21-9-7-8-16(2)14-21)18(4)22(27(31)34)12-13-24(33)29-20-11-10-17(3)23(28)15-20/h7-11,14-15H,6,12-13H2,1-5H3,(H,29,33). The normalized spacial score (nSPS) is 11.2. The number of aromatic nitrogens is 3. The van der Waals surface area contributed by atoms with Crippen LogP contribution in [0, 0.1) is 33.5 Å². The van der Waals surface area contributed by atoms with Crippen LogP contribution in [0.2, 0.25) is 0 Å². The molecule has 0 saturated heterocycles. The van der Waals surface area contributed by atoms with Gasteiger partial charge in [0, 0.05) is 29.6 Å².